The van der Waals surface area contributed by atoms with Gasteiger partial charge in [0.15, 0.2) is 5.69 Å². The lowest BCUT2D eigenvalue weighted by atomic mass is 10.1. The van der Waals surface area contributed by atoms with Gasteiger partial charge in [-0.1, -0.05) is 16.8 Å². The molecule has 6 nitrogen and oxygen atoms in total. The normalized spacial score (nSPS) is 20.6. The van der Waals surface area contributed by atoms with Crippen molar-refractivity contribution in [3.63, 3.8) is 0 Å². The molecule has 1 fully saturated rings. The average molecular weight is 352 g/mol. The lowest BCUT2D eigenvalue weighted by Gasteiger charge is -2.20. The molecular formula is C16H19ClFN5O. The smallest absolute Gasteiger partial charge is 0.276 e. The predicted octanol–water partition coefficient (Wildman–Crippen LogP) is 2.18. The third-order valence-electron chi connectivity index (χ3n) is 4.50. The highest BCUT2D eigenvalue weighted by molar-refractivity contribution is 6.30. The number of nitrogens with zero attached hydrogens (tertiary/aromatic N) is 4. The first-order valence-corrected chi connectivity index (χ1v) is 8.19. The van der Waals surface area contributed by atoms with E-state index in [2.05, 4.69) is 10.3 Å². The van der Waals surface area contributed by atoms with Crippen LogP contribution in [0.15, 0.2) is 18.2 Å². The van der Waals surface area contributed by atoms with Gasteiger partial charge in [0.05, 0.1) is 16.4 Å². The number of rotatable bonds is 3. The number of likely N-dealkylation sites (tertiary alicyclic amines) is 1. The highest BCUT2D eigenvalue weighted by Crippen LogP contribution is 2.25. The Morgan fingerprint density at radius 2 is 2.25 bits per heavy atom. The lowest BCUT2D eigenvalue weighted by molar-refractivity contribution is 0.0736. The van der Waals surface area contributed by atoms with Crippen LogP contribution in [-0.4, -0.2) is 44.9 Å². The van der Waals surface area contributed by atoms with Gasteiger partial charge < -0.3 is 10.6 Å². The molecule has 0 spiro atoms. The highest BCUT2D eigenvalue weighted by Gasteiger charge is 2.34. The third-order valence-corrected chi connectivity index (χ3v) is 4.79. The molecule has 24 heavy (non-hydrogen) atoms. The van der Waals surface area contributed by atoms with Gasteiger partial charge in [0.25, 0.3) is 5.91 Å². The Morgan fingerprint density at radius 1 is 1.50 bits per heavy atom. The minimum Gasteiger partial charge on any atom is -0.334 e. The number of nitrogens with two attached hydrogens (primary N) is 1. The van der Waals surface area contributed by atoms with Gasteiger partial charge in [-0.05, 0) is 50.9 Å². The molecule has 2 atom stereocenters. The van der Waals surface area contributed by atoms with Crippen LogP contribution in [0.5, 0.6) is 0 Å². The molecule has 0 bridgehead atoms. The van der Waals surface area contributed by atoms with Gasteiger partial charge in [-0.2, -0.15) is 0 Å². The minimum absolute atomic E-state index is 0.00534. The number of halogens is 2. The van der Waals surface area contributed by atoms with Crippen LogP contribution in [0.1, 0.15) is 29.5 Å². The molecule has 1 aliphatic heterocycles. The molecule has 1 aromatic carbocycles. The standard InChI is InChI=1S/C16H19ClFN5O/c1-9-5-11(7-19)8-22(9)16(24)15-10(2)23(21-20-15)12-3-4-14(18)13(17)6-12/h3-4,6,9,11H,5,7-8,19H2,1-2H3. The minimum atomic E-state index is -0.506. The van der Waals surface area contributed by atoms with E-state index in [1.165, 1.54) is 16.8 Å². The molecular weight excluding hydrogens is 333 g/mol. The molecule has 1 saturated heterocycles. The largest absolute Gasteiger partial charge is 0.334 e. The van der Waals surface area contributed by atoms with Gasteiger partial charge in [0.2, 0.25) is 0 Å². The van der Waals surface area contributed by atoms with Gasteiger partial charge in [-0.3, -0.25) is 4.79 Å². The molecule has 2 aromatic rings. The van der Waals surface area contributed by atoms with Gasteiger partial charge in [-0.25, -0.2) is 9.07 Å². The monoisotopic (exact) mass is 351 g/mol. The Balaban J connectivity index is 1.89. The van der Waals surface area contributed by atoms with Crippen LogP contribution in [0.4, 0.5) is 4.39 Å². The van der Waals surface area contributed by atoms with Gasteiger partial charge in [-0.15, -0.1) is 5.10 Å². The first-order chi connectivity index (χ1) is 11.4. The van der Waals surface area contributed by atoms with Crippen molar-refractivity contribution in [1.29, 1.82) is 0 Å². The Bertz CT molecular complexity index is 778. The first-order valence-electron chi connectivity index (χ1n) is 7.81. The van der Waals surface area contributed by atoms with Gasteiger partial charge in [0.1, 0.15) is 5.82 Å². The number of carbonyl (C=O) groups excluding carboxylic acids is 1. The zero-order valence-corrected chi connectivity index (χ0v) is 14.3. The Morgan fingerprint density at radius 3 is 2.88 bits per heavy atom. The molecule has 0 saturated carbocycles. The topological polar surface area (TPSA) is 77.0 Å². The first kappa shape index (κ1) is 16.9. The van der Waals surface area contributed by atoms with Crippen LogP contribution in [-0.2, 0) is 0 Å². The maximum Gasteiger partial charge on any atom is 0.276 e. The van der Waals surface area contributed by atoms with Crippen molar-refractivity contribution in [2.45, 2.75) is 26.3 Å². The zero-order valence-electron chi connectivity index (χ0n) is 13.5. The quantitative estimate of drug-likeness (QED) is 0.919. The maximum atomic E-state index is 13.3. The number of hydrogen-bond donors (Lipinski definition) is 1. The van der Waals surface area contributed by atoms with Crippen molar-refractivity contribution >= 4 is 17.5 Å². The van der Waals surface area contributed by atoms with E-state index in [4.69, 9.17) is 17.3 Å². The molecule has 128 valence electrons. The van der Waals surface area contributed by atoms with E-state index < -0.39 is 5.82 Å². The van der Waals surface area contributed by atoms with Crippen LogP contribution in [0.2, 0.25) is 5.02 Å². The van der Waals surface area contributed by atoms with E-state index in [1.807, 2.05) is 6.92 Å². The van der Waals surface area contributed by atoms with Crippen molar-refractivity contribution in [2.75, 3.05) is 13.1 Å². The van der Waals surface area contributed by atoms with Crippen molar-refractivity contribution in [1.82, 2.24) is 19.9 Å². The van der Waals surface area contributed by atoms with Crippen LogP contribution in [0.25, 0.3) is 5.69 Å². The average Bonchev–Trinajstić information content (AvgIpc) is 3.12. The Kier molecular flexibility index (Phi) is 4.56. The summed E-state index contributed by atoms with van der Waals surface area (Å²) in [6.45, 7) is 4.96. The van der Waals surface area contributed by atoms with E-state index in [9.17, 15) is 9.18 Å². The number of amides is 1. The molecule has 1 aromatic heterocycles. The van der Waals surface area contributed by atoms with Crippen LogP contribution >= 0.6 is 11.6 Å². The van der Waals surface area contributed by atoms with Crippen LogP contribution in [0, 0.1) is 18.7 Å². The predicted molar refractivity (Wildman–Crippen MR) is 88.7 cm³/mol. The molecule has 2 heterocycles. The lowest BCUT2D eigenvalue weighted by Crippen LogP contribution is -2.35. The van der Waals surface area contributed by atoms with Crippen molar-refractivity contribution < 1.29 is 9.18 Å². The summed E-state index contributed by atoms with van der Waals surface area (Å²) < 4.78 is 14.8. The molecule has 3 rings (SSSR count). The number of aromatic nitrogens is 3. The molecule has 1 amide bonds. The summed E-state index contributed by atoms with van der Waals surface area (Å²) in [4.78, 5) is 14.6. The second kappa shape index (κ2) is 6.49. The molecule has 2 unspecified atom stereocenters. The van der Waals surface area contributed by atoms with Crippen LogP contribution < -0.4 is 5.73 Å². The summed E-state index contributed by atoms with van der Waals surface area (Å²) in [6.07, 6.45) is 0.892. The highest BCUT2D eigenvalue weighted by atomic mass is 35.5. The van der Waals surface area contributed by atoms with E-state index in [1.54, 1.807) is 17.9 Å². The fraction of sp³-hybridized carbons (Fsp3) is 0.438. The third kappa shape index (κ3) is 2.89. The summed E-state index contributed by atoms with van der Waals surface area (Å²) in [7, 11) is 0. The SMILES string of the molecule is Cc1c(C(=O)N2CC(CN)CC2C)nnn1-c1ccc(F)c(Cl)c1. The summed E-state index contributed by atoms with van der Waals surface area (Å²) in [5.41, 5.74) is 7.16. The van der Waals surface area contributed by atoms with Gasteiger partial charge >= 0.3 is 0 Å². The summed E-state index contributed by atoms with van der Waals surface area (Å²) in [6, 6.07) is 4.38. The molecule has 1 aliphatic rings. The summed E-state index contributed by atoms with van der Waals surface area (Å²) in [5.74, 6) is -0.348. The second-order valence-corrected chi connectivity index (χ2v) is 6.58. The number of hydrogen-bond acceptors (Lipinski definition) is 4. The fourth-order valence-corrected chi connectivity index (χ4v) is 3.30. The number of carbonyl (C=O) groups is 1. The molecule has 0 aliphatic carbocycles. The van der Waals surface area contributed by atoms with Gasteiger partial charge in [0, 0.05) is 12.6 Å². The van der Waals surface area contributed by atoms with E-state index in [-0.39, 0.29) is 17.0 Å². The molecule has 8 heteroatoms. The van der Waals surface area contributed by atoms with Crippen molar-refractivity contribution in [2.24, 2.45) is 11.7 Å². The molecule has 0 radical (unpaired) electrons. The number of benzene rings is 1. The fourth-order valence-electron chi connectivity index (χ4n) is 3.12. The van der Waals surface area contributed by atoms with Crippen LogP contribution in [0.3, 0.4) is 0 Å². The summed E-state index contributed by atoms with van der Waals surface area (Å²) >= 11 is 5.82. The van der Waals surface area contributed by atoms with Crippen molar-refractivity contribution in [3.05, 3.63) is 40.4 Å². The van der Waals surface area contributed by atoms with E-state index in [0.717, 1.165) is 6.42 Å². The van der Waals surface area contributed by atoms with E-state index >= 15 is 0 Å². The van der Waals surface area contributed by atoms with Crippen molar-refractivity contribution in [3.8, 4) is 5.69 Å². The Hall–Kier alpha value is -1.99. The van der Waals surface area contributed by atoms with E-state index in [0.29, 0.717) is 36.1 Å². The summed E-state index contributed by atoms with van der Waals surface area (Å²) in [5, 5.41) is 8.05. The maximum absolute atomic E-state index is 13.3. The zero-order chi connectivity index (χ0) is 17.4. The molecule has 2 N–H and O–H groups in total. The Labute approximate surface area is 144 Å². The second-order valence-electron chi connectivity index (χ2n) is 6.18.